The number of hydrogen-bond donors (Lipinski definition) is 9. The molecule has 0 aromatic rings. The van der Waals surface area contributed by atoms with Gasteiger partial charge in [0.05, 0.1) is 12.7 Å². The van der Waals surface area contributed by atoms with Crippen LogP contribution in [0.4, 0.5) is 0 Å². The van der Waals surface area contributed by atoms with Gasteiger partial charge in [0.1, 0.15) is 36.3 Å². The predicted molar refractivity (Wildman–Crippen MR) is 75.3 cm³/mol. The van der Waals surface area contributed by atoms with Crippen LogP contribution in [0.5, 0.6) is 0 Å². The molecule has 6 unspecified atom stereocenters. The summed E-state index contributed by atoms with van der Waals surface area (Å²) in [5.74, 6) is -3.53. The summed E-state index contributed by atoms with van der Waals surface area (Å²) >= 11 is 0. The van der Waals surface area contributed by atoms with Crippen LogP contribution in [0.25, 0.3) is 0 Å². The van der Waals surface area contributed by atoms with Gasteiger partial charge in [0, 0.05) is 6.61 Å². The Morgan fingerprint density at radius 3 is 2.17 bits per heavy atom. The highest BCUT2D eigenvalue weighted by Gasteiger charge is 2.50. The van der Waals surface area contributed by atoms with E-state index in [1.807, 2.05) is 0 Å². The van der Waals surface area contributed by atoms with Gasteiger partial charge in [0.2, 0.25) is 5.79 Å². The van der Waals surface area contributed by atoms with Crippen molar-refractivity contribution in [1.82, 2.24) is 0 Å². The topological polar surface area (TPSA) is 201 Å². The molecule has 0 amide bonds. The van der Waals surface area contributed by atoms with Gasteiger partial charge in [-0.3, -0.25) is 0 Å². The highest BCUT2D eigenvalue weighted by Crippen LogP contribution is 2.29. The van der Waals surface area contributed by atoms with Crippen LogP contribution in [-0.2, 0) is 9.47 Å². The second-order valence-corrected chi connectivity index (χ2v) is 5.53. The molecule has 0 aliphatic carbocycles. The van der Waals surface area contributed by atoms with Crippen molar-refractivity contribution in [3.63, 3.8) is 0 Å². The molecular formula is C13H24O11. The third-order valence-electron chi connectivity index (χ3n) is 3.70. The second kappa shape index (κ2) is 8.49. The molecule has 1 fully saturated rings. The second-order valence-electron chi connectivity index (χ2n) is 5.53. The Kier molecular flexibility index (Phi) is 7.49. The Morgan fingerprint density at radius 2 is 1.71 bits per heavy atom. The van der Waals surface area contributed by atoms with Crippen LogP contribution in [-0.4, -0.2) is 108 Å². The zero-order valence-electron chi connectivity index (χ0n) is 12.7. The Hall–Kier alpha value is -0.860. The quantitative estimate of drug-likeness (QED) is 0.150. The van der Waals surface area contributed by atoms with Gasteiger partial charge < -0.3 is 55.4 Å². The average molecular weight is 356 g/mol. The molecule has 11 heteroatoms. The predicted octanol–water partition coefficient (Wildman–Crippen LogP) is -4.33. The Bertz CT molecular complexity index is 419. The first kappa shape index (κ1) is 21.2. The van der Waals surface area contributed by atoms with Crippen LogP contribution in [0.1, 0.15) is 6.42 Å². The molecule has 1 aliphatic rings. The van der Waals surface area contributed by atoms with E-state index in [0.29, 0.717) is 0 Å². The maximum Gasteiger partial charge on any atom is 0.221 e. The Labute approximate surface area is 137 Å². The monoisotopic (exact) mass is 356 g/mol. The molecule has 1 heterocycles. The molecule has 11 nitrogen and oxygen atoms in total. The van der Waals surface area contributed by atoms with Crippen molar-refractivity contribution in [2.75, 3.05) is 13.2 Å². The van der Waals surface area contributed by atoms with Crippen LogP contribution in [0.3, 0.4) is 0 Å². The lowest BCUT2D eigenvalue weighted by atomic mass is 9.97. The SMILES string of the molecule is C=C(O)C1O[C@H](OC(O)(CO)C(O)C(O)CCO)C(O)C(O)[C@H]1O. The summed E-state index contributed by atoms with van der Waals surface area (Å²) in [5.41, 5.74) is 0. The van der Waals surface area contributed by atoms with Crippen molar-refractivity contribution < 1.29 is 55.4 Å². The van der Waals surface area contributed by atoms with Gasteiger partial charge in [-0.1, -0.05) is 6.58 Å². The lowest BCUT2D eigenvalue weighted by Gasteiger charge is -2.43. The van der Waals surface area contributed by atoms with Crippen molar-refractivity contribution in [3.8, 4) is 0 Å². The van der Waals surface area contributed by atoms with Crippen LogP contribution < -0.4 is 0 Å². The molecule has 0 bridgehead atoms. The van der Waals surface area contributed by atoms with E-state index in [2.05, 4.69) is 6.58 Å². The maximum atomic E-state index is 10.1. The first-order valence-corrected chi connectivity index (χ1v) is 7.14. The van der Waals surface area contributed by atoms with E-state index < -0.39 is 67.7 Å². The van der Waals surface area contributed by atoms with E-state index in [-0.39, 0.29) is 6.42 Å². The Morgan fingerprint density at radius 1 is 1.12 bits per heavy atom. The molecular weight excluding hydrogens is 332 g/mol. The van der Waals surface area contributed by atoms with Gasteiger partial charge in [0.15, 0.2) is 6.29 Å². The summed E-state index contributed by atoms with van der Waals surface area (Å²) < 4.78 is 9.87. The fourth-order valence-corrected chi connectivity index (χ4v) is 2.21. The zero-order valence-corrected chi connectivity index (χ0v) is 12.7. The number of hydrogen-bond acceptors (Lipinski definition) is 11. The molecule has 24 heavy (non-hydrogen) atoms. The van der Waals surface area contributed by atoms with Crippen LogP contribution in [0.15, 0.2) is 12.3 Å². The molecule has 9 N–H and O–H groups in total. The van der Waals surface area contributed by atoms with Gasteiger partial charge in [-0.15, -0.1) is 0 Å². The van der Waals surface area contributed by atoms with Crippen molar-refractivity contribution >= 4 is 0 Å². The molecule has 0 aromatic carbocycles. The molecule has 142 valence electrons. The lowest BCUT2D eigenvalue weighted by Crippen LogP contribution is -2.63. The summed E-state index contributed by atoms with van der Waals surface area (Å²) in [7, 11) is 0. The van der Waals surface area contributed by atoms with Gasteiger partial charge in [-0.05, 0) is 6.42 Å². The highest BCUT2D eigenvalue weighted by atomic mass is 16.8. The van der Waals surface area contributed by atoms with Gasteiger partial charge in [-0.25, -0.2) is 0 Å². The number of ether oxygens (including phenoxy) is 2. The average Bonchev–Trinajstić information content (AvgIpc) is 2.54. The zero-order chi connectivity index (χ0) is 18.7. The summed E-state index contributed by atoms with van der Waals surface area (Å²) in [6, 6.07) is 0. The largest absolute Gasteiger partial charge is 0.510 e. The van der Waals surface area contributed by atoms with Crippen molar-refractivity contribution in [1.29, 1.82) is 0 Å². The van der Waals surface area contributed by atoms with E-state index in [0.717, 1.165) is 0 Å². The van der Waals surface area contributed by atoms with Gasteiger partial charge in [-0.2, -0.15) is 0 Å². The van der Waals surface area contributed by atoms with Crippen LogP contribution >= 0.6 is 0 Å². The standard InChI is InChI=1S/C13H24O11/c1-5(16)10-8(19)7(18)9(20)12(23-10)24-13(22,4-15)11(21)6(17)2-3-14/h6-12,14-22H,1-4H2/t6?,7?,8-,9?,10?,11?,12-,13?/m1/s1. The van der Waals surface area contributed by atoms with Crippen molar-refractivity contribution in [2.24, 2.45) is 0 Å². The molecule has 1 rings (SSSR count). The number of aliphatic hydroxyl groups is 9. The molecule has 1 saturated heterocycles. The lowest BCUT2D eigenvalue weighted by molar-refractivity contribution is -0.385. The molecule has 0 aromatic heterocycles. The Balaban J connectivity index is 2.95. The summed E-state index contributed by atoms with van der Waals surface area (Å²) in [5, 5.41) is 86.2. The summed E-state index contributed by atoms with van der Waals surface area (Å²) in [4.78, 5) is 0. The van der Waals surface area contributed by atoms with Crippen molar-refractivity contribution in [3.05, 3.63) is 12.3 Å². The van der Waals surface area contributed by atoms with Crippen LogP contribution in [0, 0.1) is 0 Å². The van der Waals surface area contributed by atoms with E-state index in [1.165, 1.54) is 0 Å². The highest BCUT2D eigenvalue weighted by molar-refractivity contribution is 5.02. The van der Waals surface area contributed by atoms with Gasteiger partial charge in [0.25, 0.3) is 0 Å². The molecule has 0 radical (unpaired) electrons. The first-order valence-electron chi connectivity index (χ1n) is 7.14. The number of aliphatic hydroxyl groups excluding tert-OH is 8. The minimum Gasteiger partial charge on any atom is -0.510 e. The third-order valence-corrected chi connectivity index (χ3v) is 3.70. The van der Waals surface area contributed by atoms with E-state index in [4.69, 9.17) is 14.6 Å². The van der Waals surface area contributed by atoms with E-state index in [9.17, 15) is 40.9 Å². The van der Waals surface area contributed by atoms with Gasteiger partial charge >= 0.3 is 0 Å². The fraction of sp³-hybridized carbons (Fsp3) is 0.846. The normalized spacial score (nSPS) is 35.9. The first-order chi connectivity index (χ1) is 11.1. The number of rotatable bonds is 8. The molecule has 0 saturated carbocycles. The summed E-state index contributed by atoms with van der Waals surface area (Å²) in [6.45, 7) is 1.35. The van der Waals surface area contributed by atoms with E-state index in [1.54, 1.807) is 0 Å². The molecule has 0 spiro atoms. The third kappa shape index (κ3) is 4.40. The van der Waals surface area contributed by atoms with Crippen LogP contribution in [0.2, 0.25) is 0 Å². The summed E-state index contributed by atoms with van der Waals surface area (Å²) in [6.07, 6.45) is -13.1. The fourth-order valence-electron chi connectivity index (χ4n) is 2.21. The minimum absolute atomic E-state index is 0.349. The maximum absolute atomic E-state index is 10.1. The minimum atomic E-state index is -2.83. The molecule has 1 aliphatic heterocycles. The smallest absolute Gasteiger partial charge is 0.221 e. The molecule has 8 atom stereocenters. The van der Waals surface area contributed by atoms with E-state index >= 15 is 0 Å². The van der Waals surface area contributed by atoms with Crippen molar-refractivity contribution in [2.45, 2.75) is 55.1 Å².